The highest BCUT2D eigenvalue weighted by Gasteiger charge is 2.23. The van der Waals surface area contributed by atoms with Crippen molar-refractivity contribution in [3.8, 4) is 0 Å². The quantitative estimate of drug-likeness (QED) is 0.343. The average molecular weight is 275 g/mol. The van der Waals surface area contributed by atoms with E-state index < -0.39 is 6.04 Å². The molecule has 0 aliphatic carbocycles. The summed E-state index contributed by atoms with van der Waals surface area (Å²) >= 11 is 0. The lowest BCUT2D eigenvalue weighted by atomic mass is 10.0. The molecule has 1 atom stereocenters. The second-order valence-corrected chi connectivity index (χ2v) is 4.87. The number of nitrogens with one attached hydrogen (secondary N) is 1. The van der Waals surface area contributed by atoms with Crippen molar-refractivity contribution in [2.45, 2.75) is 19.9 Å². The van der Waals surface area contributed by atoms with Gasteiger partial charge in [0.15, 0.2) is 5.84 Å². The van der Waals surface area contributed by atoms with E-state index >= 15 is 0 Å². The number of amides is 1. The van der Waals surface area contributed by atoms with Gasteiger partial charge < -0.3 is 20.7 Å². The lowest BCUT2D eigenvalue weighted by Gasteiger charge is -2.20. The molecule has 6 nitrogen and oxygen atoms in total. The fraction of sp³-hybridized carbons (Fsp3) is 0.286. The van der Waals surface area contributed by atoms with E-state index in [-0.39, 0.29) is 17.7 Å². The van der Waals surface area contributed by atoms with Gasteiger partial charge in [-0.1, -0.05) is 37.2 Å². The third-order valence-electron chi connectivity index (χ3n) is 3.11. The van der Waals surface area contributed by atoms with Crippen molar-refractivity contribution in [2.24, 2.45) is 16.8 Å². The van der Waals surface area contributed by atoms with E-state index in [9.17, 15) is 4.79 Å². The minimum absolute atomic E-state index is 0.00647. The highest BCUT2D eigenvalue weighted by Crippen LogP contribution is 2.20. The number of hydrogen-bond donors (Lipinski definition) is 3. The summed E-state index contributed by atoms with van der Waals surface area (Å²) < 4.78 is 5.33. The maximum absolute atomic E-state index is 12.3. The number of para-hydroxylation sites is 1. The van der Waals surface area contributed by atoms with Crippen LogP contribution < -0.4 is 11.1 Å². The van der Waals surface area contributed by atoms with Crippen LogP contribution in [0.25, 0.3) is 11.0 Å². The largest absolute Gasteiger partial charge is 0.463 e. The van der Waals surface area contributed by atoms with E-state index in [1.807, 2.05) is 32.0 Å². The molecule has 0 saturated carbocycles. The van der Waals surface area contributed by atoms with Gasteiger partial charge in [-0.05, 0) is 12.0 Å². The van der Waals surface area contributed by atoms with Gasteiger partial charge in [-0.25, -0.2) is 0 Å². The molecule has 0 saturated heterocycles. The lowest BCUT2D eigenvalue weighted by Crippen LogP contribution is -2.47. The number of benzene rings is 1. The van der Waals surface area contributed by atoms with Crippen molar-refractivity contribution in [2.75, 3.05) is 0 Å². The number of nitrogens with two attached hydrogens (primary N) is 1. The molecular weight excluding hydrogens is 258 g/mol. The molecule has 1 aromatic carbocycles. The molecule has 1 unspecified atom stereocenters. The Bertz CT molecular complexity index is 646. The molecule has 1 aromatic heterocycles. The van der Waals surface area contributed by atoms with Gasteiger partial charge in [-0.15, -0.1) is 0 Å². The minimum Gasteiger partial charge on any atom is -0.463 e. The van der Waals surface area contributed by atoms with Crippen LogP contribution >= 0.6 is 0 Å². The number of hydrogen-bond acceptors (Lipinski definition) is 4. The molecule has 0 bridgehead atoms. The zero-order chi connectivity index (χ0) is 14.7. The number of amidine groups is 1. The first kappa shape index (κ1) is 13.9. The molecule has 0 aliphatic heterocycles. The summed E-state index contributed by atoms with van der Waals surface area (Å²) in [7, 11) is 0. The van der Waals surface area contributed by atoms with Gasteiger partial charge in [-0.2, -0.15) is 0 Å². The maximum Gasteiger partial charge on any atom is 0.255 e. The second kappa shape index (κ2) is 5.64. The van der Waals surface area contributed by atoms with Crippen molar-refractivity contribution in [3.05, 3.63) is 36.1 Å². The van der Waals surface area contributed by atoms with Crippen LogP contribution in [0, 0.1) is 5.92 Å². The van der Waals surface area contributed by atoms with Crippen molar-refractivity contribution >= 4 is 22.7 Å². The number of oxime groups is 1. The van der Waals surface area contributed by atoms with Gasteiger partial charge in [0, 0.05) is 5.39 Å². The Labute approximate surface area is 116 Å². The summed E-state index contributed by atoms with van der Waals surface area (Å²) in [5.74, 6) is -0.352. The van der Waals surface area contributed by atoms with Crippen molar-refractivity contribution in [1.29, 1.82) is 0 Å². The Kier molecular flexibility index (Phi) is 3.93. The number of furan rings is 1. The maximum atomic E-state index is 12.3. The van der Waals surface area contributed by atoms with Gasteiger partial charge >= 0.3 is 0 Å². The number of rotatable bonds is 4. The average Bonchev–Trinajstić information content (AvgIpc) is 2.87. The Hall–Kier alpha value is -2.50. The Morgan fingerprint density at radius 3 is 2.75 bits per heavy atom. The number of carbonyl (C=O) groups excluding carboxylic acids is 1. The third kappa shape index (κ3) is 2.59. The van der Waals surface area contributed by atoms with E-state index in [0.717, 1.165) is 5.39 Å². The highest BCUT2D eigenvalue weighted by molar-refractivity contribution is 6.07. The molecule has 2 rings (SSSR count). The Morgan fingerprint density at radius 1 is 1.40 bits per heavy atom. The SMILES string of the molecule is CC(C)C(NC(=O)c1coc2ccccc12)C(N)=NO. The fourth-order valence-electron chi connectivity index (χ4n) is 2.02. The van der Waals surface area contributed by atoms with E-state index in [0.29, 0.717) is 11.1 Å². The molecule has 0 spiro atoms. The first-order valence-electron chi connectivity index (χ1n) is 6.29. The van der Waals surface area contributed by atoms with Crippen LogP contribution in [0.15, 0.2) is 40.1 Å². The molecule has 0 fully saturated rings. The van der Waals surface area contributed by atoms with E-state index in [1.165, 1.54) is 6.26 Å². The van der Waals surface area contributed by atoms with Crippen LogP contribution in [0.1, 0.15) is 24.2 Å². The van der Waals surface area contributed by atoms with Gasteiger partial charge in [-0.3, -0.25) is 4.79 Å². The third-order valence-corrected chi connectivity index (χ3v) is 3.11. The van der Waals surface area contributed by atoms with Crippen molar-refractivity contribution < 1.29 is 14.4 Å². The Balaban J connectivity index is 2.27. The lowest BCUT2D eigenvalue weighted by molar-refractivity contribution is 0.0939. The summed E-state index contributed by atoms with van der Waals surface area (Å²) in [5.41, 5.74) is 6.66. The number of carbonyl (C=O) groups is 1. The minimum atomic E-state index is -0.541. The molecule has 106 valence electrons. The summed E-state index contributed by atoms with van der Waals surface area (Å²) in [6.07, 6.45) is 1.41. The van der Waals surface area contributed by atoms with Crippen LogP contribution in [0.5, 0.6) is 0 Å². The predicted molar refractivity (Wildman–Crippen MR) is 75.7 cm³/mol. The van der Waals surface area contributed by atoms with Crippen LogP contribution in [-0.2, 0) is 0 Å². The fourth-order valence-corrected chi connectivity index (χ4v) is 2.02. The van der Waals surface area contributed by atoms with Crippen LogP contribution in [0.3, 0.4) is 0 Å². The first-order valence-corrected chi connectivity index (χ1v) is 6.29. The topological polar surface area (TPSA) is 101 Å². The zero-order valence-corrected chi connectivity index (χ0v) is 11.3. The van der Waals surface area contributed by atoms with Crippen LogP contribution in [0.4, 0.5) is 0 Å². The molecule has 0 aliphatic rings. The smallest absolute Gasteiger partial charge is 0.255 e. The molecule has 1 heterocycles. The normalized spacial score (nSPS) is 13.7. The molecule has 0 radical (unpaired) electrons. The summed E-state index contributed by atoms with van der Waals surface area (Å²) in [6, 6.07) is 6.72. The molecule has 4 N–H and O–H groups in total. The van der Waals surface area contributed by atoms with Crippen molar-refractivity contribution in [3.63, 3.8) is 0 Å². The molecule has 1 amide bonds. The van der Waals surface area contributed by atoms with Crippen LogP contribution in [0.2, 0.25) is 0 Å². The monoisotopic (exact) mass is 275 g/mol. The van der Waals surface area contributed by atoms with Gasteiger partial charge in [0.05, 0.1) is 11.6 Å². The molecule has 20 heavy (non-hydrogen) atoms. The standard InChI is InChI=1S/C14H17N3O3/c1-8(2)12(13(15)17-19)16-14(18)10-7-20-11-6-4-3-5-9(10)11/h3-8,12,19H,1-2H3,(H2,15,17)(H,16,18). The number of nitrogens with zero attached hydrogens (tertiary/aromatic N) is 1. The van der Waals surface area contributed by atoms with E-state index in [2.05, 4.69) is 10.5 Å². The molecule has 2 aromatic rings. The highest BCUT2D eigenvalue weighted by atomic mass is 16.4. The Morgan fingerprint density at radius 2 is 2.10 bits per heavy atom. The zero-order valence-electron chi connectivity index (χ0n) is 11.3. The summed E-state index contributed by atoms with van der Waals surface area (Å²) in [4.78, 5) is 12.3. The number of fused-ring (bicyclic) bond motifs is 1. The van der Waals surface area contributed by atoms with Gasteiger partial charge in [0.1, 0.15) is 11.8 Å². The van der Waals surface area contributed by atoms with Gasteiger partial charge in [0.2, 0.25) is 0 Å². The van der Waals surface area contributed by atoms with E-state index in [4.69, 9.17) is 15.4 Å². The van der Waals surface area contributed by atoms with E-state index in [1.54, 1.807) is 6.07 Å². The van der Waals surface area contributed by atoms with Crippen molar-refractivity contribution in [1.82, 2.24) is 5.32 Å². The molecular formula is C14H17N3O3. The van der Waals surface area contributed by atoms with Gasteiger partial charge in [0.25, 0.3) is 5.91 Å². The predicted octanol–water partition coefficient (Wildman–Crippen LogP) is 1.93. The van der Waals surface area contributed by atoms with Crippen LogP contribution in [-0.4, -0.2) is 23.0 Å². The second-order valence-electron chi connectivity index (χ2n) is 4.87. The summed E-state index contributed by atoms with van der Waals surface area (Å²) in [5, 5.41) is 15.2. The molecule has 6 heteroatoms. The first-order chi connectivity index (χ1) is 9.54. The summed E-state index contributed by atoms with van der Waals surface area (Å²) in [6.45, 7) is 3.74.